The molecule has 1 aliphatic rings. The number of amides is 1. The van der Waals surface area contributed by atoms with E-state index in [-0.39, 0.29) is 5.91 Å². The lowest BCUT2D eigenvalue weighted by Crippen LogP contribution is -2.19. The number of methoxy groups -OCH3 is 1. The topological polar surface area (TPSA) is 53.6 Å². The highest BCUT2D eigenvalue weighted by Crippen LogP contribution is 2.26. The van der Waals surface area contributed by atoms with Gasteiger partial charge in [0, 0.05) is 13.0 Å². The molecule has 2 N–H and O–H groups in total. The van der Waals surface area contributed by atoms with E-state index in [1.165, 1.54) is 0 Å². The second-order valence-corrected chi connectivity index (χ2v) is 5.88. The van der Waals surface area contributed by atoms with Gasteiger partial charge >= 0.3 is 0 Å². The Balaban J connectivity index is 2.03. The molecule has 1 heterocycles. The van der Waals surface area contributed by atoms with Crippen LogP contribution >= 0.6 is 0 Å². The van der Waals surface area contributed by atoms with Crippen molar-refractivity contribution in [2.24, 2.45) is 5.92 Å². The maximum absolute atomic E-state index is 12.2. The Morgan fingerprint density at radius 3 is 2.90 bits per heavy atom. The minimum atomic E-state index is 0.0593. The van der Waals surface area contributed by atoms with Gasteiger partial charge in [-0.1, -0.05) is 6.07 Å². The Bertz CT molecular complexity index is 482. The Kier molecular flexibility index (Phi) is 5.59. The number of ether oxygens (including phenoxy) is 1. The average molecular weight is 291 g/mol. The molecule has 2 rings (SSSR count). The first-order valence-electron chi connectivity index (χ1n) is 7.40. The van der Waals surface area contributed by atoms with Crippen LogP contribution in [0.1, 0.15) is 18.4 Å². The zero-order valence-electron chi connectivity index (χ0n) is 13.1. The van der Waals surface area contributed by atoms with Crippen LogP contribution in [-0.4, -0.2) is 45.1 Å². The minimum absolute atomic E-state index is 0.0593. The van der Waals surface area contributed by atoms with Gasteiger partial charge in [-0.25, -0.2) is 0 Å². The molecule has 1 atom stereocenters. The van der Waals surface area contributed by atoms with Gasteiger partial charge in [-0.3, -0.25) is 4.79 Å². The number of rotatable bonds is 6. The van der Waals surface area contributed by atoms with Crippen molar-refractivity contribution < 1.29 is 9.53 Å². The lowest BCUT2D eigenvalue weighted by Gasteiger charge is -2.15. The molecule has 116 valence electrons. The monoisotopic (exact) mass is 291 g/mol. The van der Waals surface area contributed by atoms with Crippen LogP contribution < -0.4 is 15.4 Å². The van der Waals surface area contributed by atoms with Crippen LogP contribution in [0, 0.1) is 5.92 Å². The van der Waals surface area contributed by atoms with Crippen LogP contribution in [0.5, 0.6) is 5.75 Å². The summed E-state index contributed by atoms with van der Waals surface area (Å²) in [6.45, 7) is 2.78. The van der Waals surface area contributed by atoms with Crippen molar-refractivity contribution in [1.29, 1.82) is 0 Å². The molecule has 0 bridgehead atoms. The fourth-order valence-electron chi connectivity index (χ4n) is 2.67. The number of benzene rings is 1. The molecule has 0 aromatic heterocycles. The number of carbonyl (C=O) groups excluding carboxylic acids is 1. The van der Waals surface area contributed by atoms with Gasteiger partial charge in [0.15, 0.2) is 0 Å². The first kappa shape index (κ1) is 15.8. The van der Waals surface area contributed by atoms with Crippen LogP contribution in [0.4, 0.5) is 5.69 Å². The number of carbonyl (C=O) groups is 1. The van der Waals surface area contributed by atoms with Crippen LogP contribution in [0.15, 0.2) is 18.2 Å². The second-order valence-electron chi connectivity index (χ2n) is 5.88. The quantitative estimate of drug-likeness (QED) is 0.837. The summed E-state index contributed by atoms with van der Waals surface area (Å²) in [7, 11) is 5.67. The smallest absolute Gasteiger partial charge is 0.224 e. The van der Waals surface area contributed by atoms with Gasteiger partial charge in [0.2, 0.25) is 5.91 Å². The van der Waals surface area contributed by atoms with Gasteiger partial charge in [0.25, 0.3) is 0 Å². The summed E-state index contributed by atoms with van der Waals surface area (Å²) >= 11 is 0. The molecule has 1 saturated heterocycles. The average Bonchev–Trinajstić information content (AvgIpc) is 2.91. The highest BCUT2D eigenvalue weighted by molar-refractivity contribution is 5.92. The van der Waals surface area contributed by atoms with Crippen molar-refractivity contribution in [2.75, 3.05) is 39.6 Å². The van der Waals surface area contributed by atoms with Crippen molar-refractivity contribution in [3.05, 3.63) is 23.8 Å². The standard InChI is InChI=1S/C16H25N3O2/c1-19(2)11-13-4-5-15(21-3)14(8-13)18-16(20)9-12-6-7-17-10-12/h4-5,8,12,17H,6-7,9-11H2,1-3H3,(H,18,20). The highest BCUT2D eigenvalue weighted by atomic mass is 16.5. The lowest BCUT2D eigenvalue weighted by atomic mass is 10.0. The van der Waals surface area contributed by atoms with E-state index in [2.05, 4.69) is 15.5 Å². The van der Waals surface area contributed by atoms with E-state index in [1.807, 2.05) is 32.3 Å². The fourth-order valence-corrected chi connectivity index (χ4v) is 2.67. The molecule has 1 amide bonds. The molecule has 1 aromatic carbocycles. The molecule has 0 saturated carbocycles. The molecule has 5 nitrogen and oxygen atoms in total. The molecule has 0 radical (unpaired) electrons. The van der Waals surface area contributed by atoms with Gasteiger partial charge in [0.05, 0.1) is 12.8 Å². The first-order chi connectivity index (χ1) is 10.1. The number of nitrogens with zero attached hydrogens (tertiary/aromatic N) is 1. The van der Waals surface area contributed by atoms with Crippen molar-refractivity contribution in [1.82, 2.24) is 10.2 Å². The van der Waals surface area contributed by atoms with Gasteiger partial charge < -0.3 is 20.3 Å². The molecule has 1 fully saturated rings. The summed E-state index contributed by atoms with van der Waals surface area (Å²) in [5, 5.41) is 6.28. The SMILES string of the molecule is COc1ccc(CN(C)C)cc1NC(=O)CC1CCNC1. The van der Waals surface area contributed by atoms with Crippen LogP contribution in [0.25, 0.3) is 0 Å². The summed E-state index contributed by atoms with van der Waals surface area (Å²) in [4.78, 5) is 14.3. The number of nitrogens with one attached hydrogen (secondary N) is 2. The largest absolute Gasteiger partial charge is 0.495 e. The lowest BCUT2D eigenvalue weighted by molar-refractivity contribution is -0.117. The predicted molar refractivity (Wildman–Crippen MR) is 84.6 cm³/mol. The minimum Gasteiger partial charge on any atom is -0.495 e. The van der Waals surface area contributed by atoms with Gasteiger partial charge in [-0.05, 0) is 57.2 Å². The van der Waals surface area contributed by atoms with E-state index >= 15 is 0 Å². The molecule has 1 unspecified atom stereocenters. The second kappa shape index (κ2) is 7.43. The number of anilines is 1. The molecule has 21 heavy (non-hydrogen) atoms. The molecule has 1 aromatic rings. The van der Waals surface area contributed by atoms with E-state index in [0.717, 1.165) is 37.3 Å². The zero-order valence-corrected chi connectivity index (χ0v) is 13.1. The van der Waals surface area contributed by atoms with Crippen LogP contribution in [0.3, 0.4) is 0 Å². The van der Waals surface area contributed by atoms with E-state index in [0.29, 0.717) is 18.1 Å². The van der Waals surface area contributed by atoms with Crippen molar-refractivity contribution >= 4 is 11.6 Å². The zero-order chi connectivity index (χ0) is 15.2. The van der Waals surface area contributed by atoms with Crippen LogP contribution in [-0.2, 0) is 11.3 Å². The van der Waals surface area contributed by atoms with E-state index in [1.54, 1.807) is 7.11 Å². The van der Waals surface area contributed by atoms with E-state index < -0.39 is 0 Å². The maximum Gasteiger partial charge on any atom is 0.224 e. The van der Waals surface area contributed by atoms with Crippen molar-refractivity contribution in [3.63, 3.8) is 0 Å². The third kappa shape index (κ3) is 4.72. The van der Waals surface area contributed by atoms with Gasteiger partial charge in [-0.15, -0.1) is 0 Å². The Morgan fingerprint density at radius 2 is 2.29 bits per heavy atom. The molecule has 5 heteroatoms. The van der Waals surface area contributed by atoms with Crippen LogP contribution in [0.2, 0.25) is 0 Å². The molecular formula is C16H25N3O2. The maximum atomic E-state index is 12.2. The number of hydrogen-bond donors (Lipinski definition) is 2. The van der Waals surface area contributed by atoms with Crippen molar-refractivity contribution in [3.8, 4) is 5.75 Å². The van der Waals surface area contributed by atoms with E-state index in [4.69, 9.17) is 4.74 Å². The summed E-state index contributed by atoms with van der Waals surface area (Å²) in [5.41, 5.74) is 1.91. The first-order valence-corrected chi connectivity index (χ1v) is 7.40. The summed E-state index contributed by atoms with van der Waals surface area (Å²) < 4.78 is 5.34. The Morgan fingerprint density at radius 1 is 1.48 bits per heavy atom. The van der Waals surface area contributed by atoms with Gasteiger partial charge in [0.1, 0.15) is 5.75 Å². The molecule has 0 spiro atoms. The third-order valence-electron chi connectivity index (χ3n) is 3.67. The van der Waals surface area contributed by atoms with E-state index in [9.17, 15) is 4.79 Å². The third-order valence-corrected chi connectivity index (χ3v) is 3.67. The van der Waals surface area contributed by atoms with Crippen molar-refractivity contribution in [2.45, 2.75) is 19.4 Å². The Labute approximate surface area is 126 Å². The summed E-state index contributed by atoms with van der Waals surface area (Å²) in [6.07, 6.45) is 1.64. The molecular weight excluding hydrogens is 266 g/mol. The normalized spacial score (nSPS) is 18.0. The highest BCUT2D eigenvalue weighted by Gasteiger charge is 2.19. The molecule has 0 aliphatic carbocycles. The fraction of sp³-hybridized carbons (Fsp3) is 0.562. The molecule has 1 aliphatic heterocycles. The number of hydrogen-bond acceptors (Lipinski definition) is 4. The Hall–Kier alpha value is -1.59. The van der Waals surface area contributed by atoms with Gasteiger partial charge in [-0.2, -0.15) is 0 Å². The predicted octanol–water partition coefficient (Wildman–Crippen LogP) is 1.69. The summed E-state index contributed by atoms with van der Waals surface area (Å²) in [5.74, 6) is 1.21. The summed E-state index contributed by atoms with van der Waals surface area (Å²) in [6, 6.07) is 5.92.